The molecule has 8 heteroatoms. The summed E-state index contributed by atoms with van der Waals surface area (Å²) in [6.45, 7) is 1.21. The van der Waals surface area contributed by atoms with Gasteiger partial charge in [0.25, 0.3) is 15.9 Å². The highest BCUT2D eigenvalue weighted by Gasteiger charge is 2.42. The summed E-state index contributed by atoms with van der Waals surface area (Å²) < 4.78 is 36.0. The Kier molecular flexibility index (Phi) is 3.45. The standard InChI is InChI=1S/C12H14N2O5S/c15-12-9-3-1-5-13-11(9)20(16,17)14(12)6-4-10-18-7-2-8-19-10/h1,3,5,10H,2,4,6-8H2. The monoisotopic (exact) mass is 298 g/mol. The summed E-state index contributed by atoms with van der Waals surface area (Å²) in [6.07, 6.45) is 2.05. The molecule has 1 aromatic rings. The zero-order valence-electron chi connectivity index (χ0n) is 10.7. The van der Waals surface area contributed by atoms with Gasteiger partial charge in [-0.15, -0.1) is 0 Å². The Hall–Kier alpha value is -1.51. The van der Waals surface area contributed by atoms with Crippen LogP contribution < -0.4 is 0 Å². The highest BCUT2D eigenvalue weighted by atomic mass is 32.2. The zero-order valence-corrected chi connectivity index (χ0v) is 11.5. The average Bonchev–Trinajstić information content (AvgIpc) is 2.66. The molecule has 0 atom stereocenters. The van der Waals surface area contributed by atoms with E-state index in [2.05, 4.69) is 4.98 Å². The number of carbonyl (C=O) groups excluding carboxylic acids is 1. The summed E-state index contributed by atoms with van der Waals surface area (Å²) in [5, 5.41) is -0.171. The third kappa shape index (κ3) is 2.19. The van der Waals surface area contributed by atoms with Crippen LogP contribution in [-0.4, -0.2) is 49.7 Å². The van der Waals surface area contributed by atoms with Crippen molar-refractivity contribution in [1.82, 2.24) is 9.29 Å². The normalized spacial score (nSPS) is 22.0. The van der Waals surface area contributed by atoms with Gasteiger partial charge in [0.1, 0.15) is 0 Å². The highest BCUT2D eigenvalue weighted by Crippen LogP contribution is 2.28. The van der Waals surface area contributed by atoms with Gasteiger partial charge in [0, 0.05) is 19.2 Å². The first-order valence-corrected chi connectivity index (χ1v) is 7.80. The molecular weight excluding hydrogens is 284 g/mol. The van der Waals surface area contributed by atoms with E-state index in [0.29, 0.717) is 19.6 Å². The van der Waals surface area contributed by atoms with Crippen LogP contribution in [0, 0.1) is 0 Å². The minimum absolute atomic E-state index is 0.0300. The molecule has 0 aromatic carbocycles. The number of carbonyl (C=O) groups is 1. The smallest absolute Gasteiger partial charge is 0.285 e. The van der Waals surface area contributed by atoms with E-state index in [-0.39, 0.29) is 17.1 Å². The molecule has 2 aliphatic heterocycles. The molecule has 3 rings (SSSR count). The van der Waals surface area contributed by atoms with E-state index in [9.17, 15) is 13.2 Å². The number of hydrogen-bond donors (Lipinski definition) is 0. The average molecular weight is 298 g/mol. The quantitative estimate of drug-likeness (QED) is 0.802. The van der Waals surface area contributed by atoms with E-state index in [1.54, 1.807) is 6.07 Å². The number of pyridine rings is 1. The van der Waals surface area contributed by atoms with Gasteiger partial charge in [0.05, 0.1) is 18.8 Å². The molecule has 0 spiro atoms. The SMILES string of the molecule is O=C1c2cccnc2S(=O)(=O)N1CCC1OCCCO1. The van der Waals surface area contributed by atoms with Gasteiger partial charge in [-0.05, 0) is 18.6 Å². The summed E-state index contributed by atoms with van der Waals surface area (Å²) in [6, 6.07) is 3.01. The highest BCUT2D eigenvalue weighted by molar-refractivity contribution is 7.90. The second-order valence-corrected chi connectivity index (χ2v) is 6.33. The Morgan fingerprint density at radius 1 is 1.35 bits per heavy atom. The van der Waals surface area contributed by atoms with E-state index >= 15 is 0 Å². The largest absolute Gasteiger partial charge is 0.353 e. The Labute approximate surface area is 116 Å². The maximum absolute atomic E-state index is 12.2. The fourth-order valence-corrected chi connectivity index (χ4v) is 3.75. The van der Waals surface area contributed by atoms with Crippen LogP contribution in [-0.2, 0) is 19.5 Å². The molecule has 1 fully saturated rings. The molecule has 0 N–H and O–H groups in total. The van der Waals surface area contributed by atoms with E-state index < -0.39 is 22.2 Å². The van der Waals surface area contributed by atoms with Crippen LogP contribution in [0.1, 0.15) is 23.2 Å². The van der Waals surface area contributed by atoms with Crippen molar-refractivity contribution in [2.75, 3.05) is 19.8 Å². The molecule has 1 amide bonds. The molecule has 1 saturated heterocycles. The fraction of sp³-hybridized carbons (Fsp3) is 0.500. The van der Waals surface area contributed by atoms with E-state index in [1.807, 2.05) is 0 Å². The molecule has 1 aromatic heterocycles. The molecule has 20 heavy (non-hydrogen) atoms. The summed E-state index contributed by atoms with van der Waals surface area (Å²) in [7, 11) is -3.83. The van der Waals surface area contributed by atoms with Gasteiger partial charge in [-0.1, -0.05) is 0 Å². The molecule has 0 radical (unpaired) electrons. The van der Waals surface area contributed by atoms with E-state index in [4.69, 9.17) is 9.47 Å². The third-order valence-electron chi connectivity index (χ3n) is 3.23. The van der Waals surface area contributed by atoms with Crippen molar-refractivity contribution in [3.05, 3.63) is 23.9 Å². The van der Waals surface area contributed by atoms with Gasteiger partial charge in [0.2, 0.25) is 0 Å². The van der Waals surface area contributed by atoms with Crippen LogP contribution in [0.25, 0.3) is 0 Å². The maximum atomic E-state index is 12.2. The number of aromatic nitrogens is 1. The molecule has 108 valence electrons. The minimum Gasteiger partial charge on any atom is -0.353 e. The fourth-order valence-electron chi connectivity index (χ4n) is 2.25. The van der Waals surface area contributed by atoms with Crippen molar-refractivity contribution in [3.63, 3.8) is 0 Å². The molecule has 0 unspecified atom stereocenters. The minimum atomic E-state index is -3.83. The number of nitrogens with zero attached hydrogens (tertiary/aromatic N) is 2. The molecule has 7 nitrogen and oxygen atoms in total. The van der Waals surface area contributed by atoms with Crippen molar-refractivity contribution < 1.29 is 22.7 Å². The molecule has 0 saturated carbocycles. The number of fused-ring (bicyclic) bond motifs is 1. The lowest BCUT2D eigenvalue weighted by Gasteiger charge is -2.24. The van der Waals surface area contributed by atoms with Gasteiger partial charge < -0.3 is 9.47 Å². The lowest BCUT2D eigenvalue weighted by Crippen LogP contribution is -2.35. The Bertz CT molecular complexity index is 624. The number of ether oxygens (including phenoxy) is 2. The number of rotatable bonds is 3. The summed E-state index contributed by atoms with van der Waals surface area (Å²) in [5.41, 5.74) is 0.123. The van der Waals surface area contributed by atoms with Crippen LogP contribution in [0.4, 0.5) is 0 Å². The second-order valence-electron chi connectivity index (χ2n) is 4.55. The predicted octanol–water partition coefficient (Wildman–Crippen LogP) is 0.379. The Morgan fingerprint density at radius 3 is 2.80 bits per heavy atom. The maximum Gasteiger partial charge on any atom is 0.285 e. The molecular formula is C12H14N2O5S. The predicted molar refractivity (Wildman–Crippen MR) is 67.4 cm³/mol. The van der Waals surface area contributed by atoms with Crippen molar-refractivity contribution >= 4 is 15.9 Å². The first-order valence-electron chi connectivity index (χ1n) is 6.36. The van der Waals surface area contributed by atoms with Gasteiger partial charge in [-0.3, -0.25) is 4.79 Å². The Balaban J connectivity index is 1.76. The first kappa shape index (κ1) is 13.5. The zero-order chi connectivity index (χ0) is 14.2. The molecule has 3 heterocycles. The summed E-state index contributed by atoms with van der Waals surface area (Å²) in [4.78, 5) is 15.9. The molecule has 2 aliphatic rings. The van der Waals surface area contributed by atoms with Gasteiger partial charge >= 0.3 is 0 Å². The lowest BCUT2D eigenvalue weighted by molar-refractivity contribution is -0.181. The van der Waals surface area contributed by atoms with Crippen molar-refractivity contribution in [3.8, 4) is 0 Å². The van der Waals surface area contributed by atoms with E-state index in [1.165, 1.54) is 12.3 Å². The van der Waals surface area contributed by atoms with Crippen LogP contribution in [0.2, 0.25) is 0 Å². The number of hydrogen-bond acceptors (Lipinski definition) is 6. The second kappa shape index (κ2) is 5.12. The lowest BCUT2D eigenvalue weighted by atomic mass is 10.2. The van der Waals surface area contributed by atoms with Crippen LogP contribution >= 0.6 is 0 Å². The topological polar surface area (TPSA) is 85.8 Å². The van der Waals surface area contributed by atoms with Crippen molar-refractivity contribution in [2.45, 2.75) is 24.2 Å². The number of sulfonamides is 1. The molecule has 0 bridgehead atoms. The van der Waals surface area contributed by atoms with Gasteiger partial charge in [-0.2, -0.15) is 8.42 Å². The number of amides is 1. The van der Waals surface area contributed by atoms with Crippen LogP contribution in [0.15, 0.2) is 23.4 Å². The van der Waals surface area contributed by atoms with Gasteiger partial charge in [-0.25, -0.2) is 9.29 Å². The molecule has 0 aliphatic carbocycles. The van der Waals surface area contributed by atoms with Crippen molar-refractivity contribution in [2.24, 2.45) is 0 Å². The van der Waals surface area contributed by atoms with Gasteiger partial charge in [0.15, 0.2) is 11.3 Å². The van der Waals surface area contributed by atoms with E-state index in [0.717, 1.165) is 10.7 Å². The van der Waals surface area contributed by atoms with Crippen LogP contribution in [0.5, 0.6) is 0 Å². The summed E-state index contributed by atoms with van der Waals surface area (Å²) in [5.74, 6) is -0.538. The Morgan fingerprint density at radius 2 is 2.10 bits per heavy atom. The first-order chi connectivity index (χ1) is 9.60. The van der Waals surface area contributed by atoms with Crippen LogP contribution in [0.3, 0.4) is 0 Å². The third-order valence-corrected chi connectivity index (χ3v) is 4.97. The van der Waals surface area contributed by atoms with Crippen molar-refractivity contribution in [1.29, 1.82) is 0 Å². The summed E-state index contributed by atoms with van der Waals surface area (Å²) >= 11 is 0.